The molecule has 1 aliphatic heterocycles. The van der Waals surface area contributed by atoms with Gasteiger partial charge in [0.1, 0.15) is 0 Å². The number of anilines is 2. The Hall–Kier alpha value is -2.54. The maximum absolute atomic E-state index is 13.3. The third-order valence-electron chi connectivity index (χ3n) is 5.96. The molecule has 0 bridgehead atoms. The molecule has 0 radical (unpaired) electrons. The highest BCUT2D eigenvalue weighted by atomic mass is 35.5. The molecule has 0 amide bonds. The highest BCUT2D eigenvalue weighted by Gasteiger charge is 2.30. The minimum absolute atomic E-state index is 0.250. The van der Waals surface area contributed by atoms with E-state index in [1.54, 1.807) is 7.05 Å². The number of nitrogens with zero attached hydrogens (tertiary/aromatic N) is 5. The molecule has 4 rings (SSSR count). The van der Waals surface area contributed by atoms with Crippen molar-refractivity contribution in [3.8, 4) is 0 Å². The second kappa shape index (κ2) is 7.95. The van der Waals surface area contributed by atoms with Crippen molar-refractivity contribution in [3.05, 3.63) is 49.6 Å². The van der Waals surface area contributed by atoms with E-state index in [1.807, 2.05) is 29.7 Å². The van der Waals surface area contributed by atoms with Crippen LogP contribution >= 0.6 is 11.6 Å². The van der Waals surface area contributed by atoms with Crippen LogP contribution < -0.4 is 16.1 Å². The number of rotatable bonds is 5. The fourth-order valence-electron chi connectivity index (χ4n) is 4.31. The number of halogens is 1. The standard InChI is InChI=1S/C22H28ClN5O2/c1-5-6-7-11-26-20(29)18-19(25(4)22(26)30)24-21-27(12-14(2)13-28(18)21)17-10-8-9-16(23)15(17)3/h8-10,14H,5-7,11-13H2,1-4H3/t14-/m0/s1. The monoisotopic (exact) mass is 429 g/mol. The van der Waals surface area contributed by atoms with Crippen LogP contribution in [-0.4, -0.2) is 25.2 Å². The molecule has 0 spiro atoms. The normalized spacial score (nSPS) is 16.3. The topological polar surface area (TPSA) is 65.1 Å². The molecule has 0 aliphatic carbocycles. The maximum Gasteiger partial charge on any atom is 0.332 e. The molecular weight excluding hydrogens is 402 g/mol. The van der Waals surface area contributed by atoms with Crippen LogP contribution in [0.5, 0.6) is 0 Å². The summed E-state index contributed by atoms with van der Waals surface area (Å²) in [5.74, 6) is 0.991. The lowest BCUT2D eigenvalue weighted by molar-refractivity contribution is 0.457. The van der Waals surface area contributed by atoms with E-state index in [0.29, 0.717) is 41.1 Å². The van der Waals surface area contributed by atoms with E-state index in [0.717, 1.165) is 37.1 Å². The Morgan fingerprint density at radius 1 is 1.20 bits per heavy atom. The molecule has 0 saturated heterocycles. The van der Waals surface area contributed by atoms with Crippen molar-refractivity contribution in [2.45, 2.75) is 53.1 Å². The lowest BCUT2D eigenvalue weighted by atomic mass is 10.1. The number of aryl methyl sites for hydroxylation is 1. The van der Waals surface area contributed by atoms with Crippen molar-refractivity contribution in [2.75, 3.05) is 11.4 Å². The molecule has 1 atom stereocenters. The molecule has 1 aromatic carbocycles. The Morgan fingerprint density at radius 2 is 1.97 bits per heavy atom. The number of hydrogen-bond acceptors (Lipinski definition) is 4. The van der Waals surface area contributed by atoms with E-state index in [9.17, 15) is 9.59 Å². The predicted octanol–water partition coefficient (Wildman–Crippen LogP) is 3.84. The molecule has 0 fully saturated rings. The predicted molar refractivity (Wildman–Crippen MR) is 121 cm³/mol. The van der Waals surface area contributed by atoms with E-state index < -0.39 is 0 Å². The van der Waals surface area contributed by atoms with Gasteiger partial charge >= 0.3 is 5.69 Å². The average Bonchev–Trinajstić information content (AvgIpc) is 3.10. The number of unbranched alkanes of at least 4 members (excludes halogenated alkanes) is 2. The zero-order valence-electron chi connectivity index (χ0n) is 18.0. The largest absolute Gasteiger partial charge is 0.332 e. The SMILES string of the molecule is CCCCCn1c(=O)c2c(nc3n2C[C@@H](C)CN3c2cccc(Cl)c2C)n(C)c1=O. The number of aromatic nitrogens is 4. The van der Waals surface area contributed by atoms with Crippen LogP contribution in [0.2, 0.25) is 5.02 Å². The van der Waals surface area contributed by atoms with Crippen molar-refractivity contribution in [2.24, 2.45) is 13.0 Å². The molecule has 8 heteroatoms. The molecule has 1 aliphatic rings. The summed E-state index contributed by atoms with van der Waals surface area (Å²) >= 11 is 6.38. The van der Waals surface area contributed by atoms with Gasteiger partial charge in [-0.15, -0.1) is 0 Å². The lowest BCUT2D eigenvalue weighted by Gasteiger charge is -2.34. The molecule has 30 heavy (non-hydrogen) atoms. The molecule has 0 N–H and O–H groups in total. The average molecular weight is 430 g/mol. The van der Waals surface area contributed by atoms with Crippen molar-refractivity contribution < 1.29 is 0 Å². The van der Waals surface area contributed by atoms with Gasteiger partial charge in [0, 0.05) is 37.4 Å². The van der Waals surface area contributed by atoms with E-state index in [-0.39, 0.29) is 11.2 Å². The minimum atomic E-state index is -0.308. The summed E-state index contributed by atoms with van der Waals surface area (Å²) in [6.45, 7) is 8.13. The molecule has 2 aromatic heterocycles. The fourth-order valence-corrected chi connectivity index (χ4v) is 4.48. The summed E-state index contributed by atoms with van der Waals surface area (Å²) in [4.78, 5) is 33.1. The number of hydrogen-bond donors (Lipinski definition) is 0. The van der Waals surface area contributed by atoms with Gasteiger partial charge in [-0.05, 0) is 37.0 Å². The van der Waals surface area contributed by atoms with E-state index in [4.69, 9.17) is 16.6 Å². The van der Waals surface area contributed by atoms with Gasteiger partial charge in [-0.1, -0.05) is 44.4 Å². The van der Waals surface area contributed by atoms with Crippen LogP contribution in [0.15, 0.2) is 27.8 Å². The zero-order chi connectivity index (χ0) is 21.6. The third kappa shape index (κ3) is 3.25. The van der Waals surface area contributed by atoms with Gasteiger partial charge in [0.05, 0.1) is 0 Å². The van der Waals surface area contributed by atoms with Gasteiger partial charge in [0.2, 0.25) is 5.95 Å². The van der Waals surface area contributed by atoms with E-state index in [1.165, 1.54) is 9.13 Å². The fraction of sp³-hybridized carbons (Fsp3) is 0.500. The molecule has 7 nitrogen and oxygen atoms in total. The Bertz CT molecular complexity index is 1220. The second-order valence-corrected chi connectivity index (χ2v) is 8.71. The third-order valence-corrected chi connectivity index (χ3v) is 6.37. The van der Waals surface area contributed by atoms with Crippen molar-refractivity contribution in [1.82, 2.24) is 18.7 Å². The maximum atomic E-state index is 13.3. The van der Waals surface area contributed by atoms with Gasteiger partial charge in [0.15, 0.2) is 11.2 Å². The molecular formula is C22H28ClN5O2. The highest BCUT2D eigenvalue weighted by Crippen LogP contribution is 2.36. The molecule has 3 aromatic rings. The van der Waals surface area contributed by atoms with Crippen LogP contribution in [0.1, 0.15) is 38.7 Å². The Kier molecular flexibility index (Phi) is 5.49. The minimum Gasteiger partial charge on any atom is -0.311 e. The number of imidazole rings is 1. The smallest absolute Gasteiger partial charge is 0.311 e. The van der Waals surface area contributed by atoms with Crippen LogP contribution in [0.25, 0.3) is 11.2 Å². The van der Waals surface area contributed by atoms with E-state index in [2.05, 4.69) is 18.7 Å². The Morgan fingerprint density at radius 3 is 2.70 bits per heavy atom. The highest BCUT2D eigenvalue weighted by molar-refractivity contribution is 6.31. The van der Waals surface area contributed by atoms with Crippen LogP contribution in [0.4, 0.5) is 11.6 Å². The number of benzene rings is 1. The van der Waals surface area contributed by atoms with E-state index >= 15 is 0 Å². The summed E-state index contributed by atoms with van der Waals surface area (Å²) in [7, 11) is 1.69. The van der Waals surface area contributed by atoms with Gasteiger partial charge in [-0.25, -0.2) is 4.79 Å². The Labute approximate surface area is 180 Å². The first-order valence-corrected chi connectivity index (χ1v) is 11.0. The molecule has 0 unspecified atom stereocenters. The van der Waals surface area contributed by atoms with Crippen LogP contribution in [0, 0.1) is 12.8 Å². The first kappa shape index (κ1) is 20.7. The quantitative estimate of drug-likeness (QED) is 0.578. The van der Waals surface area contributed by atoms with Gasteiger partial charge in [-0.3, -0.25) is 13.9 Å². The van der Waals surface area contributed by atoms with Gasteiger partial charge < -0.3 is 9.47 Å². The molecule has 160 valence electrons. The summed E-state index contributed by atoms with van der Waals surface area (Å²) in [6, 6.07) is 5.81. The van der Waals surface area contributed by atoms with Crippen molar-refractivity contribution >= 4 is 34.4 Å². The summed E-state index contributed by atoms with van der Waals surface area (Å²) in [6.07, 6.45) is 2.82. The summed E-state index contributed by atoms with van der Waals surface area (Å²) < 4.78 is 4.84. The lowest BCUT2D eigenvalue weighted by Crippen LogP contribution is -2.40. The van der Waals surface area contributed by atoms with Crippen LogP contribution in [0.3, 0.4) is 0 Å². The zero-order valence-corrected chi connectivity index (χ0v) is 18.7. The first-order valence-electron chi connectivity index (χ1n) is 10.6. The first-order chi connectivity index (χ1) is 14.3. The van der Waals surface area contributed by atoms with Crippen LogP contribution in [-0.2, 0) is 20.1 Å². The van der Waals surface area contributed by atoms with Crippen molar-refractivity contribution in [1.29, 1.82) is 0 Å². The molecule has 0 saturated carbocycles. The van der Waals surface area contributed by atoms with Gasteiger partial charge in [0.25, 0.3) is 5.56 Å². The number of fused-ring (bicyclic) bond motifs is 3. The summed E-state index contributed by atoms with van der Waals surface area (Å²) in [5.41, 5.74) is 2.32. The van der Waals surface area contributed by atoms with Gasteiger partial charge in [-0.2, -0.15) is 4.98 Å². The summed E-state index contributed by atoms with van der Waals surface area (Å²) in [5, 5.41) is 0.694. The second-order valence-electron chi connectivity index (χ2n) is 8.30. The Balaban J connectivity index is 1.95. The molecule has 3 heterocycles. The van der Waals surface area contributed by atoms with Crippen molar-refractivity contribution in [3.63, 3.8) is 0 Å².